The second-order valence-electron chi connectivity index (χ2n) is 3.04. The van der Waals surface area contributed by atoms with E-state index in [4.69, 9.17) is 0 Å². The molecule has 1 atom stereocenters. The summed E-state index contributed by atoms with van der Waals surface area (Å²) in [6.45, 7) is 2.23. The second kappa shape index (κ2) is 12.8. The van der Waals surface area contributed by atoms with Crippen LogP contribution in [0.5, 0.6) is 0 Å². The molecule has 1 unspecified atom stereocenters. The maximum Gasteiger partial charge on any atom is 4.00 e. The molecule has 2 heteroatoms. The largest absolute Gasteiger partial charge is 4.00 e. The summed E-state index contributed by atoms with van der Waals surface area (Å²) in [5, 5.41) is 4.27. The fourth-order valence-electron chi connectivity index (χ4n) is 1.65. The summed E-state index contributed by atoms with van der Waals surface area (Å²) in [4.78, 5) is 0. The summed E-state index contributed by atoms with van der Waals surface area (Å²) in [6, 6.07) is 0.618. The molecule has 1 fully saturated rings. The van der Waals surface area contributed by atoms with Crippen molar-refractivity contribution >= 4 is 0 Å². The van der Waals surface area contributed by atoms with Gasteiger partial charge in [0.15, 0.2) is 0 Å². The van der Waals surface area contributed by atoms with E-state index in [-0.39, 0.29) is 48.5 Å². The Hall–Kier alpha value is 0.843. The van der Waals surface area contributed by atoms with E-state index < -0.39 is 0 Å². The number of nitrogens with zero attached hydrogens (tertiary/aromatic N) is 1. The van der Waals surface area contributed by atoms with Crippen molar-refractivity contribution in [3.63, 3.8) is 0 Å². The first-order valence-corrected chi connectivity index (χ1v) is 3.93. The van der Waals surface area contributed by atoms with Gasteiger partial charge in [0.2, 0.25) is 0 Å². The molecule has 1 saturated carbocycles. The van der Waals surface area contributed by atoms with Gasteiger partial charge in [-0.2, -0.15) is 7.05 Å². The Morgan fingerprint density at radius 1 is 1.08 bits per heavy atom. The minimum Gasteiger partial charge on any atom is -0.662 e. The monoisotopic (exact) mass is 261 g/mol. The molecular formula is C11H25NZr. The van der Waals surface area contributed by atoms with Crippen LogP contribution in [0.25, 0.3) is 5.32 Å². The minimum absolute atomic E-state index is 0. The van der Waals surface area contributed by atoms with Crippen molar-refractivity contribution in [1.29, 1.82) is 0 Å². The molecule has 0 spiro atoms. The summed E-state index contributed by atoms with van der Waals surface area (Å²) in [5.41, 5.74) is 0. The summed E-state index contributed by atoms with van der Waals surface area (Å²) in [7, 11) is 1.93. The van der Waals surface area contributed by atoms with E-state index in [1.807, 2.05) is 7.05 Å². The van der Waals surface area contributed by atoms with Gasteiger partial charge in [-0.15, -0.1) is 6.04 Å². The fraction of sp³-hybridized carbons (Fsp3) is 0.727. The molecule has 13 heavy (non-hydrogen) atoms. The average molecular weight is 263 g/mol. The predicted octanol–water partition coefficient (Wildman–Crippen LogP) is 3.92. The van der Waals surface area contributed by atoms with Crippen LogP contribution in [0, 0.1) is 28.2 Å². The van der Waals surface area contributed by atoms with Gasteiger partial charge in [-0.25, -0.2) is 0 Å². The summed E-state index contributed by atoms with van der Waals surface area (Å²) < 4.78 is 0. The van der Waals surface area contributed by atoms with Gasteiger partial charge in [-0.3, -0.25) is 0 Å². The topological polar surface area (TPSA) is 14.1 Å². The summed E-state index contributed by atoms with van der Waals surface area (Å²) >= 11 is 0. The SMILES string of the molecule is C[N-]C(C)C1CCCC1.[CH3-].[CH3-].[CH3-].[Zr+4]. The number of rotatable bonds is 2. The Morgan fingerprint density at radius 3 is 1.77 bits per heavy atom. The molecule has 0 amide bonds. The van der Waals surface area contributed by atoms with Crippen molar-refractivity contribution in [3.05, 3.63) is 27.6 Å². The molecular weight excluding hydrogens is 237 g/mol. The second-order valence-corrected chi connectivity index (χ2v) is 3.04. The molecule has 1 nitrogen and oxygen atoms in total. The molecule has 0 aromatic rings. The standard InChI is InChI=1S/C8H16N.3CH3.Zr/c1-7(9-2)8-5-3-4-6-8;;;;/h7-8H,3-6H2,1-2H3;3*1H3;/q4*-1;+4. The van der Waals surface area contributed by atoms with Gasteiger partial charge >= 0.3 is 26.2 Å². The first-order chi connectivity index (χ1) is 4.34. The van der Waals surface area contributed by atoms with Crippen LogP contribution in [0.2, 0.25) is 0 Å². The molecule has 1 rings (SSSR count). The zero-order chi connectivity index (χ0) is 6.69. The van der Waals surface area contributed by atoms with E-state index in [2.05, 4.69) is 12.2 Å². The molecule has 0 radical (unpaired) electrons. The van der Waals surface area contributed by atoms with Gasteiger partial charge in [0.1, 0.15) is 0 Å². The van der Waals surface area contributed by atoms with E-state index in [1.54, 1.807) is 0 Å². The maximum atomic E-state index is 4.27. The first kappa shape index (κ1) is 23.6. The third-order valence-corrected chi connectivity index (χ3v) is 2.49. The Kier molecular flexibility index (Phi) is 23.3. The number of hydrogen-bond donors (Lipinski definition) is 0. The number of hydrogen-bond acceptors (Lipinski definition) is 0. The third kappa shape index (κ3) is 7.88. The van der Waals surface area contributed by atoms with E-state index in [9.17, 15) is 0 Å². The molecule has 0 bridgehead atoms. The maximum absolute atomic E-state index is 4.27. The Labute approximate surface area is 105 Å². The Balaban J connectivity index is -0.000000101. The van der Waals surface area contributed by atoms with Gasteiger partial charge in [-0.05, 0) is 0 Å². The Morgan fingerprint density at radius 2 is 1.46 bits per heavy atom. The molecule has 0 aromatic carbocycles. The molecule has 0 N–H and O–H groups in total. The van der Waals surface area contributed by atoms with E-state index in [0.717, 1.165) is 5.92 Å². The summed E-state index contributed by atoms with van der Waals surface area (Å²) in [5.74, 6) is 0.912. The van der Waals surface area contributed by atoms with Crippen LogP contribution in [0.15, 0.2) is 0 Å². The van der Waals surface area contributed by atoms with Crippen LogP contribution in [-0.4, -0.2) is 13.1 Å². The smallest absolute Gasteiger partial charge is 0.662 e. The first-order valence-electron chi connectivity index (χ1n) is 3.93. The van der Waals surface area contributed by atoms with E-state index >= 15 is 0 Å². The van der Waals surface area contributed by atoms with Crippen LogP contribution in [0.3, 0.4) is 0 Å². The van der Waals surface area contributed by atoms with Gasteiger partial charge < -0.3 is 27.6 Å². The van der Waals surface area contributed by atoms with Crippen LogP contribution >= 0.6 is 0 Å². The third-order valence-electron chi connectivity index (χ3n) is 2.49. The molecule has 0 saturated heterocycles. The molecule has 1 aliphatic rings. The Bertz CT molecular complexity index is 80.2. The van der Waals surface area contributed by atoms with Crippen molar-refractivity contribution in [2.24, 2.45) is 5.92 Å². The van der Waals surface area contributed by atoms with Crippen molar-refractivity contribution in [1.82, 2.24) is 0 Å². The van der Waals surface area contributed by atoms with Crippen LogP contribution in [0.1, 0.15) is 32.6 Å². The average Bonchev–Trinajstić information content (AvgIpc) is 2.37. The molecule has 1 aliphatic carbocycles. The zero-order valence-electron chi connectivity index (χ0n) is 9.93. The van der Waals surface area contributed by atoms with Gasteiger partial charge in [0.25, 0.3) is 0 Å². The van der Waals surface area contributed by atoms with Crippen molar-refractivity contribution in [2.75, 3.05) is 7.05 Å². The summed E-state index contributed by atoms with van der Waals surface area (Å²) in [6.07, 6.45) is 5.70. The van der Waals surface area contributed by atoms with Gasteiger partial charge in [-0.1, -0.05) is 38.5 Å². The van der Waals surface area contributed by atoms with E-state index in [1.165, 1.54) is 25.7 Å². The fourth-order valence-corrected chi connectivity index (χ4v) is 1.65. The molecule has 0 aromatic heterocycles. The van der Waals surface area contributed by atoms with Crippen molar-refractivity contribution in [3.8, 4) is 0 Å². The molecule has 0 heterocycles. The van der Waals surface area contributed by atoms with Gasteiger partial charge in [0.05, 0.1) is 0 Å². The normalized spacial score (nSPS) is 17.1. The van der Waals surface area contributed by atoms with E-state index in [0.29, 0.717) is 6.04 Å². The van der Waals surface area contributed by atoms with Gasteiger partial charge in [0, 0.05) is 0 Å². The minimum atomic E-state index is 0. The molecule has 78 valence electrons. The van der Waals surface area contributed by atoms with Crippen LogP contribution in [0.4, 0.5) is 0 Å². The van der Waals surface area contributed by atoms with Crippen LogP contribution < -0.4 is 0 Å². The van der Waals surface area contributed by atoms with Crippen LogP contribution in [-0.2, 0) is 26.2 Å². The predicted molar refractivity (Wildman–Crippen MR) is 59.9 cm³/mol. The quantitative estimate of drug-likeness (QED) is 0.670. The zero-order valence-corrected chi connectivity index (χ0v) is 12.4. The molecule has 0 aliphatic heterocycles. The van der Waals surface area contributed by atoms with Crippen molar-refractivity contribution < 1.29 is 26.2 Å². The van der Waals surface area contributed by atoms with Crippen molar-refractivity contribution in [2.45, 2.75) is 38.6 Å².